The molecule has 33 heavy (non-hydrogen) atoms. The van der Waals surface area contributed by atoms with Crippen LogP contribution in [0.2, 0.25) is 0 Å². The number of nitrogens with two attached hydrogens (primary N) is 1. The monoisotopic (exact) mass is 436 g/mol. The molecule has 0 unspecified atom stereocenters. The van der Waals surface area contributed by atoms with Crippen LogP contribution in [0.3, 0.4) is 0 Å². The molecule has 5 nitrogen and oxygen atoms in total. The smallest absolute Gasteiger partial charge is 0.326 e. The number of carbonyl (C=O) groups excluding carboxylic acids is 1. The summed E-state index contributed by atoms with van der Waals surface area (Å²) in [5.74, 6) is -1.51. The van der Waals surface area contributed by atoms with Crippen LogP contribution < -0.4 is 11.1 Å². The molecule has 0 aromatic heterocycles. The number of rotatable bonds is 7. The highest BCUT2D eigenvalue weighted by atomic mass is 16.4. The van der Waals surface area contributed by atoms with E-state index in [0.717, 1.165) is 27.8 Å². The Morgan fingerprint density at radius 1 is 0.727 bits per heavy atom. The van der Waals surface area contributed by atoms with Gasteiger partial charge in [-0.2, -0.15) is 0 Å². The Labute approximate surface area is 192 Å². The van der Waals surface area contributed by atoms with Crippen molar-refractivity contribution in [2.75, 3.05) is 5.73 Å². The highest BCUT2D eigenvalue weighted by molar-refractivity contribution is 5.97. The van der Waals surface area contributed by atoms with E-state index in [0.29, 0.717) is 11.3 Å². The molecule has 4 aromatic rings. The van der Waals surface area contributed by atoms with Crippen LogP contribution in [0.1, 0.15) is 15.9 Å². The average molecular weight is 437 g/mol. The van der Waals surface area contributed by atoms with E-state index in [9.17, 15) is 14.7 Å². The zero-order valence-electron chi connectivity index (χ0n) is 17.9. The minimum Gasteiger partial charge on any atom is -0.480 e. The van der Waals surface area contributed by atoms with Gasteiger partial charge in [-0.3, -0.25) is 4.79 Å². The number of carboxylic acid groups (broad SMARTS) is 1. The van der Waals surface area contributed by atoms with Gasteiger partial charge >= 0.3 is 5.97 Å². The fourth-order valence-electron chi connectivity index (χ4n) is 3.67. The normalized spacial score (nSPS) is 11.5. The van der Waals surface area contributed by atoms with Gasteiger partial charge in [-0.05, 0) is 52.1 Å². The Hall–Kier alpha value is -4.38. The summed E-state index contributed by atoms with van der Waals surface area (Å²) in [6, 6.07) is 31.1. The van der Waals surface area contributed by atoms with E-state index in [1.807, 2.05) is 91.0 Å². The fourth-order valence-corrected chi connectivity index (χ4v) is 3.67. The number of amides is 1. The van der Waals surface area contributed by atoms with E-state index < -0.39 is 17.9 Å². The zero-order valence-corrected chi connectivity index (χ0v) is 17.9. The summed E-state index contributed by atoms with van der Waals surface area (Å²) >= 11 is 0. The SMILES string of the molecule is Nc1cccc(-c2ccc(C(=O)N[C@@H](Cc3ccc(-c4ccccc4)cc3)C(=O)O)cc2)c1. The van der Waals surface area contributed by atoms with Crippen LogP contribution in [0, 0.1) is 0 Å². The third kappa shape index (κ3) is 5.46. The summed E-state index contributed by atoms with van der Waals surface area (Å²) in [4.78, 5) is 24.5. The molecule has 0 bridgehead atoms. The minimum absolute atomic E-state index is 0.192. The van der Waals surface area contributed by atoms with Gasteiger partial charge in [-0.1, -0.05) is 78.9 Å². The second-order valence-electron chi connectivity index (χ2n) is 7.83. The maximum absolute atomic E-state index is 12.7. The topological polar surface area (TPSA) is 92.4 Å². The number of nitrogens with one attached hydrogen (secondary N) is 1. The van der Waals surface area contributed by atoms with Crippen molar-refractivity contribution in [1.82, 2.24) is 5.32 Å². The number of hydrogen-bond donors (Lipinski definition) is 3. The predicted molar refractivity (Wildman–Crippen MR) is 131 cm³/mol. The first kappa shape index (κ1) is 21.8. The molecule has 4 aromatic carbocycles. The first-order valence-corrected chi connectivity index (χ1v) is 10.6. The summed E-state index contributed by atoms with van der Waals surface area (Å²) < 4.78 is 0. The molecule has 1 amide bonds. The third-order valence-electron chi connectivity index (χ3n) is 5.47. The second-order valence-corrected chi connectivity index (χ2v) is 7.83. The Kier molecular flexibility index (Phi) is 6.51. The molecule has 1 atom stereocenters. The lowest BCUT2D eigenvalue weighted by Crippen LogP contribution is -2.42. The first-order chi connectivity index (χ1) is 16.0. The van der Waals surface area contributed by atoms with Crippen LogP contribution in [0.4, 0.5) is 5.69 Å². The zero-order chi connectivity index (χ0) is 23.2. The Balaban J connectivity index is 1.43. The highest BCUT2D eigenvalue weighted by Gasteiger charge is 2.21. The van der Waals surface area contributed by atoms with E-state index in [-0.39, 0.29) is 6.42 Å². The van der Waals surface area contributed by atoms with Crippen molar-refractivity contribution in [2.24, 2.45) is 0 Å². The van der Waals surface area contributed by atoms with Crippen LogP contribution >= 0.6 is 0 Å². The molecule has 0 radical (unpaired) electrons. The highest BCUT2D eigenvalue weighted by Crippen LogP contribution is 2.22. The molecule has 0 aliphatic heterocycles. The summed E-state index contributed by atoms with van der Waals surface area (Å²) in [6.45, 7) is 0. The van der Waals surface area contributed by atoms with Crippen LogP contribution in [-0.2, 0) is 11.2 Å². The molecular weight excluding hydrogens is 412 g/mol. The fraction of sp³-hybridized carbons (Fsp3) is 0.0714. The number of carboxylic acids is 1. The molecule has 0 heterocycles. The van der Waals surface area contributed by atoms with E-state index in [2.05, 4.69) is 5.32 Å². The third-order valence-corrected chi connectivity index (χ3v) is 5.47. The molecule has 4 N–H and O–H groups in total. The van der Waals surface area contributed by atoms with Crippen molar-refractivity contribution in [3.63, 3.8) is 0 Å². The number of benzene rings is 4. The minimum atomic E-state index is -1.08. The molecular formula is C28H24N2O3. The molecule has 5 heteroatoms. The summed E-state index contributed by atoms with van der Waals surface area (Å²) in [7, 11) is 0. The molecule has 0 spiro atoms. The first-order valence-electron chi connectivity index (χ1n) is 10.6. The van der Waals surface area contributed by atoms with Crippen molar-refractivity contribution in [3.05, 3.63) is 114 Å². The van der Waals surface area contributed by atoms with Gasteiger partial charge in [0, 0.05) is 17.7 Å². The van der Waals surface area contributed by atoms with Crippen molar-refractivity contribution in [3.8, 4) is 22.3 Å². The van der Waals surface area contributed by atoms with Gasteiger partial charge in [0.1, 0.15) is 6.04 Å². The standard InChI is InChI=1S/C28H24N2O3/c29-25-8-4-7-24(18-25)22-13-15-23(16-14-22)27(31)30-26(28(32)33)17-19-9-11-21(12-10-19)20-5-2-1-3-6-20/h1-16,18,26H,17,29H2,(H,30,31)(H,32,33)/t26-/m0/s1. The Bertz CT molecular complexity index is 1250. The van der Waals surface area contributed by atoms with Gasteiger partial charge < -0.3 is 16.2 Å². The van der Waals surface area contributed by atoms with Gasteiger partial charge in [0.15, 0.2) is 0 Å². The molecule has 0 aliphatic rings. The lowest BCUT2D eigenvalue weighted by atomic mass is 10.00. The second kappa shape index (κ2) is 9.83. The number of aliphatic carboxylic acids is 1. The lowest BCUT2D eigenvalue weighted by molar-refractivity contribution is -0.139. The molecule has 0 saturated heterocycles. The molecule has 0 fully saturated rings. The van der Waals surface area contributed by atoms with Gasteiger partial charge in [-0.15, -0.1) is 0 Å². The van der Waals surface area contributed by atoms with Gasteiger partial charge in [0.25, 0.3) is 5.91 Å². The van der Waals surface area contributed by atoms with Crippen LogP contribution in [0.15, 0.2) is 103 Å². The Morgan fingerprint density at radius 3 is 1.94 bits per heavy atom. The molecule has 164 valence electrons. The number of hydrogen-bond acceptors (Lipinski definition) is 3. The summed E-state index contributed by atoms with van der Waals surface area (Å²) in [5, 5.41) is 12.3. The lowest BCUT2D eigenvalue weighted by Gasteiger charge is -2.15. The van der Waals surface area contributed by atoms with Gasteiger partial charge in [0.2, 0.25) is 0 Å². The van der Waals surface area contributed by atoms with E-state index in [1.165, 1.54) is 0 Å². The van der Waals surface area contributed by atoms with E-state index >= 15 is 0 Å². The van der Waals surface area contributed by atoms with Crippen molar-refractivity contribution < 1.29 is 14.7 Å². The van der Waals surface area contributed by atoms with Gasteiger partial charge in [0.05, 0.1) is 0 Å². The average Bonchev–Trinajstić information content (AvgIpc) is 2.84. The van der Waals surface area contributed by atoms with Crippen LogP contribution in [-0.4, -0.2) is 23.0 Å². The van der Waals surface area contributed by atoms with E-state index in [4.69, 9.17) is 5.73 Å². The van der Waals surface area contributed by atoms with Crippen molar-refractivity contribution in [2.45, 2.75) is 12.5 Å². The maximum atomic E-state index is 12.7. The van der Waals surface area contributed by atoms with E-state index in [1.54, 1.807) is 12.1 Å². The van der Waals surface area contributed by atoms with Crippen LogP contribution in [0.25, 0.3) is 22.3 Å². The molecule has 0 aliphatic carbocycles. The summed E-state index contributed by atoms with van der Waals surface area (Å²) in [6.07, 6.45) is 0.192. The maximum Gasteiger partial charge on any atom is 0.326 e. The number of anilines is 1. The van der Waals surface area contributed by atoms with Gasteiger partial charge in [-0.25, -0.2) is 4.79 Å². The Morgan fingerprint density at radius 2 is 1.30 bits per heavy atom. The predicted octanol–water partition coefficient (Wildman–Crippen LogP) is 5.03. The largest absolute Gasteiger partial charge is 0.480 e. The number of carbonyl (C=O) groups is 2. The number of nitrogen functional groups attached to an aromatic ring is 1. The molecule has 0 saturated carbocycles. The quantitative estimate of drug-likeness (QED) is 0.354. The van der Waals surface area contributed by atoms with Crippen molar-refractivity contribution in [1.29, 1.82) is 0 Å². The van der Waals surface area contributed by atoms with Crippen LogP contribution in [0.5, 0.6) is 0 Å². The summed E-state index contributed by atoms with van der Waals surface area (Å²) in [5.41, 5.74) is 11.7. The molecule has 4 rings (SSSR count). The van der Waals surface area contributed by atoms with Crippen molar-refractivity contribution >= 4 is 17.6 Å².